The van der Waals surface area contributed by atoms with Crippen LogP contribution in [0.4, 0.5) is 0 Å². The summed E-state index contributed by atoms with van der Waals surface area (Å²) >= 11 is 0. The van der Waals surface area contributed by atoms with Gasteiger partial charge in [0.25, 0.3) is 0 Å². The van der Waals surface area contributed by atoms with Crippen molar-refractivity contribution in [2.75, 3.05) is 27.8 Å². The summed E-state index contributed by atoms with van der Waals surface area (Å²) < 4.78 is 8.87. The Labute approximate surface area is 118 Å². The molecule has 20 heavy (non-hydrogen) atoms. The molecule has 0 aromatic carbocycles. The minimum Gasteiger partial charge on any atom is -0.480 e. The van der Waals surface area contributed by atoms with Gasteiger partial charge in [-0.25, -0.2) is 9.59 Å². The Morgan fingerprint density at radius 3 is 2.05 bits per heavy atom. The standard InChI is InChI=1S/C8H13NO4.C5H8O2/c1-4-7(10)13-5-6(8(11)12)9(2)3;1-4(2)5(6)7-3/h4,6H,1,5H2,2-3H3,(H,11,12);1H2,2-3H3. The summed E-state index contributed by atoms with van der Waals surface area (Å²) in [5.74, 6) is -1.99. The number of ether oxygens (including phenoxy) is 2. The summed E-state index contributed by atoms with van der Waals surface area (Å²) in [6.45, 7) is 7.97. The number of carbonyl (C=O) groups is 3. The Morgan fingerprint density at radius 1 is 1.35 bits per heavy atom. The van der Waals surface area contributed by atoms with Gasteiger partial charge in [0.15, 0.2) is 0 Å². The number of nitrogens with zero attached hydrogens (tertiary/aromatic N) is 1. The van der Waals surface area contributed by atoms with E-state index in [0.717, 1.165) is 6.08 Å². The third-order valence-electron chi connectivity index (χ3n) is 1.99. The van der Waals surface area contributed by atoms with Crippen LogP contribution in [0, 0.1) is 0 Å². The van der Waals surface area contributed by atoms with E-state index in [2.05, 4.69) is 22.6 Å². The van der Waals surface area contributed by atoms with Crippen molar-refractivity contribution in [2.24, 2.45) is 0 Å². The first-order chi connectivity index (χ1) is 9.17. The van der Waals surface area contributed by atoms with Crippen LogP contribution in [-0.2, 0) is 23.9 Å². The molecule has 0 aliphatic carbocycles. The summed E-state index contributed by atoms with van der Waals surface area (Å²) in [5, 5.41) is 8.67. The lowest BCUT2D eigenvalue weighted by molar-refractivity contribution is -0.148. The van der Waals surface area contributed by atoms with Gasteiger partial charge in [0.05, 0.1) is 7.11 Å². The number of carboxylic acids is 1. The van der Waals surface area contributed by atoms with Crippen molar-refractivity contribution >= 4 is 17.9 Å². The van der Waals surface area contributed by atoms with Crippen molar-refractivity contribution in [3.05, 3.63) is 24.8 Å². The summed E-state index contributed by atoms with van der Waals surface area (Å²) in [5.41, 5.74) is 0.433. The summed E-state index contributed by atoms with van der Waals surface area (Å²) in [6, 6.07) is -0.816. The van der Waals surface area contributed by atoms with E-state index in [1.165, 1.54) is 12.0 Å². The molecule has 7 nitrogen and oxygen atoms in total. The van der Waals surface area contributed by atoms with Gasteiger partial charge in [-0.15, -0.1) is 0 Å². The number of hydrogen-bond donors (Lipinski definition) is 1. The van der Waals surface area contributed by atoms with Crippen LogP contribution in [0.25, 0.3) is 0 Å². The molecule has 0 amide bonds. The minimum absolute atomic E-state index is 0.173. The fraction of sp³-hybridized carbons (Fsp3) is 0.462. The summed E-state index contributed by atoms with van der Waals surface area (Å²) in [6.07, 6.45) is 0.995. The third-order valence-corrected chi connectivity index (χ3v) is 1.99. The number of esters is 2. The van der Waals surface area contributed by atoms with Crippen LogP contribution in [0.15, 0.2) is 24.8 Å². The molecule has 0 bridgehead atoms. The van der Waals surface area contributed by atoms with Crippen LogP contribution >= 0.6 is 0 Å². The Kier molecular flexibility index (Phi) is 10.8. The smallest absolute Gasteiger partial charge is 0.332 e. The van der Waals surface area contributed by atoms with Crippen molar-refractivity contribution < 1.29 is 29.0 Å². The first-order valence-corrected chi connectivity index (χ1v) is 5.59. The van der Waals surface area contributed by atoms with Crippen molar-refractivity contribution in [3.63, 3.8) is 0 Å². The molecule has 0 fully saturated rings. The molecule has 0 rings (SSSR count). The molecular weight excluding hydrogens is 266 g/mol. The normalized spacial score (nSPS) is 10.7. The molecule has 0 heterocycles. The maximum atomic E-state index is 10.6. The monoisotopic (exact) mass is 287 g/mol. The van der Waals surface area contributed by atoms with Crippen LogP contribution in [-0.4, -0.2) is 61.8 Å². The molecule has 0 aromatic rings. The quantitative estimate of drug-likeness (QED) is 0.560. The van der Waals surface area contributed by atoms with Gasteiger partial charge in [-0.1, -0.05) is 13.2 Å². The molecule has 0 spiro atoms. The van der Waals surface area contributed by atoms with Crippen LogP contribution in [0.2, 0.25) is 0 Å². The van der Waals surface area contributed by atoms with Gasteiger partial charge in [-0.3, -0.25) is 9.69 Å². The van der Waals surface area contributed by atoms with E-state index < -0.39 is 18.0 Å². The second-order valence-corrected chi connectivity index (χ2v) is 3.92. The van der Waals surface area contributed by atoms with Crippen molar-refractivity contribution in [2.45, 2.75) is 13.0 Å². The second-order valence-electron chi connectivity index (χ2n) is 3.92. The van der Waals surface area contributed by atoms with Gasteiger partial charge in [-0.2, -0.15) is 0 Å². The van der Waals surface area contributed by atoms with E-state index in [-0.39, 0.29) is 12.6 Å². The highest BCUT2D eigenvalue weighted by Crippen LogP contribution is 1.95. The lowest BCUT2D eigenvalue weighted by Gasteiger charge is -2.18. The number of methoxy groups -OCH3 is 1. The zero-order chi connectivity index (χ0) is 16.3. The zero-order valence-electron chi connectivity index (χ0n) is 12.2. The van der Waals surface area contributed by atoms with Crippen LogP contribution in [0.3, 0.4) is 0 Å². The highest BCUT2D eigenvalue weighted by Gasteiger charge is 2.20. The molecule has 0 aliphatic rings. The second kappa shape index (κ2) is 10.7. The fourth-order valence-electron chi connectivity index (χ4n) is 0.835. The van der Waals surface area contributed by atoms with E-state index in [0.29, 0.717) is 5.57 Å². The number of rotatable bonds is 6. The average Bonchev–Trinajstić information content (AvgIpc) is 2.37. The molecular formula is C13H21NO6. The summed E-state index contributed by atoms with van der Waals surface area (Å²) in [4.78, 5) is 32.8. The molecule has 114 valence electrons. The van der Waals surface area contributed by atoms with Gasteiger partial charge in [-0.05, 0) is 21.0 Å². The topological polar surface area (TPSA) is 93.1 Å². The lowest BCUT2D eigenvalue weighted by atomic mass is 10.3. The van der Waals surface area contributed by atoms with E-state index in [1.807, 2.05) is 0 Å². The molecule has 1 unspecified atom stereocenters. The van der Waals surface area contributed by atoms with E-state index >= 15 is 0 Å². The molecule has 0 saturated carbocycles. The lowest BCUT2D eigenvalue weighted by Crippen LogP contribution is -2.40. The Morgan fingerprint density at radius 2 is 1.85 bits per heavy atom. The number of hydrogen-bond acceptors (Lipinski definition) is 6. The number of likely N-dealkylation sites (N-methyl/N-ethyl adjacent to an activating group) is 1. The first-order valence-electron chi connectivity index (χ1n) is 5.59. The van der Waals surface area contributed by atoms with E-state index in [1.54, 1.807) is 21.0 Å². The Balaban J connectivity index is 0. The number of carbonyl (C=O) groups excluding carboxylic acids is 2. The number of carboxylic acid groups (broad SMARTS) is 1. The molecule has 0 aliphatic heterocycles. The molecule has 7 heteroatoms. The first kappa shape index (κ1) is 20.2. The predicted octanol–water partition coefficient (Wildman–Crippen LogP) is 0.466. The molecule has 0 radical (unpaired) electrons. The zero-order valence-corrected chi connectivity index (χ0v) is 12.2. The fourth-order valence-corrected chi connectivity index (χ4v) is 0.835. The van der Waals surface area contributed by atoms with Gasteiger partial charge < -0.3 is 14.6 Å². The van der Waals surface area contributed by atoms with Gasteiger partial charge >= 0.3 is 17.9 Å². The van der Waals surface area contributed by atoms with Crippen molar-refractivity contribution in [1.29, 1.82) is 0 Å². The maximum absolute atomic E-state index is 10.6. The molecule has 0 saturated heterocycles. The van der Waals surface area contributed by atoms with Crippen molar-refractivity contribution in [3.8, 4) is 0 Å². The van der Waals surface area contributed by atoms with Crippen LogP contribution in [0.1, 0.15) is 6.92 Å². The highest BCUT2D eigenvalue weighted by atomic mass is 16.5. The van der Waals surface area contributed by atoms with Crippen LogP contribution in [0.5, 0.6) is 0 Å². The molecule has 0 aromatic heterocycles. The van der Waals surface area contributed by atoms with E-state index in [9.17, 15) is 14.4 Å². The number of aliphatic carboxylic acids is 1. The Hall–Kier alpha value is -2.15. The molecule has 1 atom stereocenters. The third kappa shape index (κ3) is 9.84. The predicted molar refractivity (Wildman–Crippen MR) is 73.1 cm³/mol. The molecule has 1 N–H and O–H groups in total. The largest absolute Gasteiger partial charge is 0.480 e. The van der Waals surface area contributed by atoms with Gasteiger partial charge in [0.1, 0.15) is 12.6 Å². The van der Waals surface area contributed by atoms with Crippen LogP contribution < -0.4 is 0 Å². The maximum Gasteiger partial charge on any atom is 0.332 e. The highest BCUT2D eigenvalue weighted by molar-refractivity contribution is 5.86. The van der Waals surface area contributed by atoms with Crippen molar-refractivity contribution in [1.82, 2.24) is 4.90 Å². The van der Waals surface area contributed by atoms with Gasteiger partial charge in [0.2, 0.25) is 0 Å². The van der Waals surface area contributed by atoms with Gasteiger partial charge in [0, 0.05) is 11.6 Å². The Bertz CT molecular complexity index is 375. The SMILES string of the molecule is C=C(C)C(=O)OC.C=CC(=O)OCC(C(=O)O)N(C)C. The summed E-state index contributed by atoms with van der Waals surface area (Å²) in [7, 11) is 4.53. The average molecular weight is 287 g/mol. The minimum atomic E-state index is -1.03. The van der Waals surface area contributed by atoms with E-state index in [4.69, 9.17) is 5.11 Å².